The number of carbonyl (C=O) groups excluding carboxylic acids is 2. The van der Waals surface area contributed by atoms with Gasteiger partial charge in [0, 0.05) is 11.1 Å². The van der Waals surface area contributed by atoms with E-state index in [9.17, 15) is 14.7 Å². The van der Waals surface area contributed by atoms with Gasteiger partial charge in [-0.25, -0.2) is 0 Å². The third-order valence-electron chi connectivity index (χ3n) is 5.18. The molecule has 2 aromatic carbocycles. The Morgan fingerprint density at radius 3 is 2.21 bits per heavy atom. The number of methoxy groups -OCH3 is 1. The van der Waals surface area contributed by atoms with Gasteiger partial charge < -0.3 is 9.84 Å². The van der Waals surface area contributed by atoms with Crippen LogP contribution in [0.3, 0.4) is 0 Å². The van der Waals surface area contributed by atoms with Crippen molar-refractivity contribution >= 4 is 17.4 Å². The Hall–Kier alpha value is -3.08. The van der Waals surface area contributed by atoms with Crippen LogP contribution in [0.1, 0.15) is 43.5 Å². The number of hydrogen-bond donors (Lipinski definition) is 1. The minimum atomic E-state index is -0.743. The van der Waals surface area contributed by atoms with Crippen molar-refractivity contribution in [2.24, 2.45) is 5.41 Å². The fraction of sp³-hybridized carbons (Fsp3) is 0.333. The van der Waals surface area contributed by atoms with Crippen molar-refractivity contribution in [2.75, 3.05) is 12.0 Å². The molecule has 2 aromatic rings. The zero-order chi connectivity index (χ0) is 21.5. The quantitative estimate of drug-likeness (QED) is 0.808. The van der Waals surface area contributed by atoms with Gasteiger partial charge in [0.15, 0.2) is 11.5 Å². The molecule has 0 bridgehead atoms. The average Bonchev–Trinajstić information content (AvgIpc) is 2.92. The fourth-order valence-electron chi connectivity index (χ4n) is 3.67. The van der Waals surface area contributed by atoms with Crippen LogP contribution in [0, 0.1) is 19.3 Å². The van der Waals surface area contributed by atoms with E-state index in [1.165, 1.54) is 4.90 Å². The van der Waals surface area contributed by atoms with Gasteiger partial charge in [0.05, 0.1) is 18.7 Å². The highest BCUT2D eigenvalue weighted by molar-refractivity contribution is 6.17. The van der Waals surface area contributed by atoms with E-state index >= 15 is 0 Å². The minimum Gasteiger partial charge on any atom is -0.503 e. The lowest BCUT2D eigenvalue weighted by molar-refractivity contribution is -0.123. The standard InChI is InChI=1S/C24H27NO4/c1-14-7-12-18(15(2)13-14)25-20(16-8-10-17(29-6)11-9-16)19(21(26)23(25)28)22(27)24(3,4)5/h7-13,20,26H,1-6H3. The lowest BCUT2D eigenvalue weighted by atomic mass is 9.82. The molecule has 152 valence electrons. The molecule has 1 N–H and O–H groups in total. The maximum Gasteiger partial charge on any atom is 0.294 e. The van der Waals surface area contributed by atoms with Crippen LogP contribution in [0.5, 0.6) is 5.75 Å². The van der Waals surface area contributed by atoms with E-state index < -0.39 is 23.1 Å². The van der Waals surface area contributed by atoms with Gasteiger partial charge in [0.2, 0.25) is 0 Å². The number of ketones is 1. The zero-order valence-corrected chi connectivity index (χ0v) is 17.7. The Bertz CT molecular complexity index is 997. The second-order valence-corrected chi connectivity index (χ2v) is 8.48. The SMILES string of the molecule is COc1ccc(C2C(C(=O)C(C)(C)C)=C(O)C(=O)N2c2ccc(C)cc2C)cc1. The van der Waals surface area contributed by atoms with E-state index in [0.717, 1.165) is 16.7 Å². The molecule has 0 aromatic heterocycles. The van der Waals surface area contributed by atoms with E-state index in [-0.39, 0.29) is 11.4 Å². The van der Waals surface area contributed by atoms with E-state index in [1.54, 1.807) is 40.0 Å². The number of Topliss-reactive ketones (excluding diaryl/α,β-unsaturated/α-hetero) is 1. The number of hydrogen-bond acceptors (Lipinski definition) is 4. The Labute approximate surface area is 171 Å². The van der Waals surface area contributed by atoms with Crippen molar-refractivity contribution in [2.45, 2.75) is 40.7 Å². The Morgan fingerprint density at radius 2 is 1.69 bits per heavy atom. The second kappa shape index (κ2) is 7.39. The molecule has 0 saturated heterocycles. The topological polar surface area (TPSA) is 66.8 Å². The molecule has 1 amide bonds. The normalized spacial score (nSPS) is 17.1. The van der Waals surface area contributed by atoms with Crippen LogP contribution < -0.4 is 9.64 Å². The molecule has 0 radical (unpaired) electrons. The number of nitrogens with zero attached hydrogens (tertiary/aromatic N) is 1. The molecule has 0 aliphatic carbocycles. The molecule has 0 fully saturated rings. The summed E-state index contributed by atoms with van der Waals surface area (Å²) < 4.78 is 5.24. The molecule has 29 heavy (non-hydrogen) atoms. The second-order valence-electron chi connectivity index (χ2n) is 8.48. The van der Waals surface area contributed by atoms with E-state index in [0.29, 0.717) is 11.4 Å². The summed E-state index contributed by atoms with van der Waals surface area (Å²) in [5.74, 6) is -0.624. The van der Waals surface area contributed by atoms with Gasteiger partial charge in [-0.2, -0.15) is 0 Å². The minimum absolute atomic E-state index is 0.132. The summed E-state index contributed by atoms with van der Waals surface area (Å²) in [7, 11) is 1.58. The Kier molecular flexibility index (Phi) is 5.26. The van der Waals surface area contributed by atoms with Crippen molar-refractivity contribution in [3.8, 4) is 5.75 Å². The molecule has 5 nitrogen and oxygen atoms in total. The zero-order valence-electron chi connectivity index (χ0n) is 17.7. The molecule has 0 saturated carbocycles. The van der Waals surface area contributed by atoms with Crippen LogP contribution in [0.25, 0.3) is 0 Å². The predicted octanol–water partition coefficient (Wildman–Crippen LogP) is 4.83. The van der Waals surface area contributed by atoms with Crippen molar-refractivity contribution in [1.29, 1.82) is 0 Å². The van der Waals surface area contributed by atoms with Crippen LogP contribution in [-0.2, 0) is 9.59 Å². The number of aliphatic hydroxyl groups is 1. The molecule has 1 heterocycles. The molecular formula is C24H27NO4. The average molecular weight is 393 g/mol. The number of carbonyl (C=O) groups is 2. The van der Waals surface area contributed by atoms with Crippen LogP contribution in [0.15, 0.2) is 53.8 Å². The number of ether oxygens (including phenoxy) is 1. The maximum absolute atomic E-state index is 13.2. The number of aryl methyl sites for hydroxylation is 2. The number of aliphatic hydroxyl groups excluding tert-OH is 1. The number of amides is 1. The number of benzene rings is 2. The highest BCUT2D eigenvalue weighted by Gasteiger charge is 2.46. The summed E-state index contributed by atoms with van der Waals surface area (Å²) >= 11 is 0. The first-order valence-corrected chi connectivity index (χ1v) is 9.59. The lowest BCUT2D eigenvalue weighted by Crippen LogP contribution is -2.33. The summed E-state index contributed by atoms with van der Waals surface area (Å²) in [6, 6.07) is 12.3. The van der Waals surface area contributed by atoms with Gasteiger partial charge >= 0.3 is 0 Å². The summed E-state index contributed by atoms with van der Waals surface area (Å²) in [6.07, 6.45) is 0. The third kappa shape index (κ3) is 3.65. The van der Waals surface area contributed by atoms with Crippen LogP contribution >= 0.6 is 0 Å². The predicted molar refractivity (Wildman–Crippen MR) is 113 cm³/mol. The molecule has 0 spiro atoms. The van der Waals surface area contributed by atoms with Crippen molar-refractivity contribution in [3.05, 3.63) is 70.5 Å². The lowest BCUT2D eigenvalue weighted by Gasteiger charge is -2.30. The van der Waals surface area contributed by atoms with E-state index in [4.69, 9.17) is 4.74 Å². The summed E-state index contributed by atoms with van der Waals surface area (Å²) in [4.78, 5) is 27.9. The summed E-state index contributed by atoms with van der Waals surface area (Å²) in [5.41, 5.74) is 2.76. The first kappa shape index (κ1) is 20.6. The van der Waals surface area contributed by atoms with Gasteiger partial charge in [-0.15, -0.1) is 0 Å². The molecular weight excluding hydrogens is 366 g/mol. The van der Waals surface area contributed by atoms with Crippen LogP contribution in [0.4, 0.5) is 5.69 Å². The van der Waals surface area contributed by atoms with Crippen LogP contribution in [0.2, 0.25) is 0 Å². The van der Waals surface area contributed by atoms with Crippen molar-refractivity contribution in [1.82, 2.24) is 0 Å². The molecule has 1 unspecified atom stereocenters. The van der Waals surface area contributed by atoms with Gasteiger partial charge in [0.1, 0.15) is 5.75 Å². The van der Waals surface area contributed by atoms with Crippen molar-refractivity contribution in [3.63, 3.8) is 0 Å². The highest BCUT2D eigenvalue weighted by atomic mass is 16.5. The molecule has 1 aliphatic heterocycles. The molecule has 1 aliphatic rings. The van der Waals surface area contributed by atoms with Gasteiger partial charge in [0.25, 0.3) is 5.91 Å². The number of anilines is 1. The van der Waals surface area contributed by atoms with Gasteiger partial charge in [-0.05, 0) is 43.2 Å². The van der Waals surface area contributed by atoms with E-state index in [2.05, 4.69) is 0 Å². The largest absolute Gasteiger partial charge is 0.503 e. The van der Waals surface area contributed by atoms with E-state index in [1.807, 2.05) is 44.2 Å². The maximum atomic E-state index is 13.2. The molecule has 1 atom stereocenters. The van der Waals surface area contributed by atoms with Crippen molar-refractivity contribution < 1.29 is 19.4 Å². The molecule has 5 heteroatoms. The fourth-order valence-corrected chi connectivity index (χ4v) is 3.67. The first-order valence-electron chi connectivity index (χ1n) is 9.59. The van der Waals surface area contributed by atoms with Gasteiger partial charge in [-0.3, -0.25) is 14.5 Å². The number of rotatable bonds is 4. The first-order chi connectivity index (χ1) is 13.6. The van der Waals surface area contributed by atoms with Gasteiger partial charge in [-0.1, -0.05) is 50.6 Å². The molecule has 3 rings (SSSR count). The smallest absolute Gasteiger partial charge is 0.294 e. The Morgan fingerprint density at radius 1 is 1.07 bits per heavy atom. The summed E-state index contributed by atoms with van der Waals surface area (Å²) in [6.45, 7) is 9.25. The highest BCUT2D eigenvalue weighted by Crippen LogP contribution is 2.44. The summed E-state index contributed by atoms with van der Waals surface area (Å²) in [5, 5.41) is 10.7. The monoisotopic (exact) mass is 393 g/mol. The Balaban J connectivity index is 2.22. The third-order valence-corrected chi connectivity index (χ3v) is 5.18. The van der Waals surface area contributed by atoms with Crippen LogP contribution in [-0.4, -0.2) is 23.9 Å².